The van der Waals surface area contributed by atoms with Crippen LogP contribution in [0.5, 0.6) is 0 Å². The van der Waals surface area contributed by atoms with E-state index in [1.165, 1.54) is 6.07 Å². The first kappa shape index (κ1) is 12.3. The van der Waals surface area contributed by atoms with E-state index in [4.69, 9.17) is 4.74 Å². The van der Waals surface area contributed by atoms with Crippen molar-refractivity contribution in [3.63, 3.8) is 0 Å². The Morgan fingerprint density at radius 3 is 3.06 bits per heavy atom. The molecule has 1 aliphatic heterocycles. The zero-order valence-electron chi connectivity index (χ0n) is 9.13. The molecule has 1 fully saturated rings. The lowest BCUT2D eigenvalue weighted by molar-refractivity contribution is -0.384. The summed E-state index contributed by atoms with van der Waals surface area (Å²) in [6.07, 6.45) is 2.43. The van der Waals surface area contributed by atoms with Gasteiger partial charge in [-0.2, -0.15) is 0 Å². The summed E-state index contributed by atoms with van der Waals surface area (Å²) in [7, 11) is 0. The van der Waals surface area contributed by atoms with Gasteiger partial charge in [0.1, 0.15) is 0 Å². The number of ether oxygens (including phenoxy) is 1. The van der Waals surface area contributed by atoms with E-state index in [1.54, 1.807) is 6.20 Å². The average molecular weight is 302 g/mol. The van der Waals surface area contributed by atoms with Gasteiger partial charge in [0.2, 0.25) is 5.82 Å². The fourth-order valence-electron chi connectivity index (χ4n) is 1.76. The molecule has 0 N–H and O–H groups in total. The van der Waals surface area contributed by atoms with Crippen LogP contribution in [0.3, 0.4) is 0 Å². The normalized spacial score (nSPS) is 16.6. The lowest BCUT2D eigenvalue weighted by atomic mass is 10.3. The number of anilines is 1. The molecule has 0 aromatic carbocycles. The van der Waals surface area contributed by atoms with Gasteiger partial charge in [-0.3, -0.25) is 10.1 Å². The van der Waals surface area contributed by atoms with Gasteiger partial charge >= 0.3 is 5.69 Å². The minimum Gasteiger partial charge on any atom is -0.380 e. The maximum Gasteiger partial charge on any atom is 0.312 e. The monoisotopic (exact) mass is 301 g/mol. The summed E-state index contributed by atoms with van der Waals surface area (Å²) >= 11 is 3.19. The van der Waals surface area contributed by atoms with Gasteiger partial charge in [0.15, 0.2) is 0 Å². The van der Waals surface area contributed by atoms with Gasteiger partial charge in [0.05, 0.1) is 11.5 Å². The molecule has 2 rings (SSSR count). The highest BCUT2D eigenvalue weighted by Gasteiger charge is 2.22. The second-order valence-electron chi connectivity index (χ2n) is 3.71. The SMILES string of the molecule is O=[N+]([O-])c1cc(Br)cnc1N1CCCOCC1. The molecule has 1 aromatic heterocycles. The molecule has 6 nitrogen and oxygen atoms in total. The Morgan fingerprint density at radius 2 is 2.29 bits per heavy atom. The number of hydrogen-bond donors (Lipinski definition) is 0. The van der Waals surface area contributed by atoms with Gasteiger partial charge < -0.3 is 9.64 Å². The number of halogens is 1. The molecule has 0 unspecified atom stereocenters. The van der Waals surface area contributed by atoms with E-state index >= 15 is 0 Å². The molecular formula is C10H12BrN3O3. The zero-order valence-corrected chi connectivity index (χ0v) is 10.7. The smallest absolute Gasteiger partial charge is 0.312 e. The summed E-state index contributed by atoms with van der Waals surface area (Å²) in [5, 5.41) is 11.0. The molecule has 0 bridgehead atoms. The fourth-order valence-corrected chi connectivity index (χ4v) is 2.08. The highest BCUT2D eigenvalue weighted by atomic mass is 79.9. The standard InChI is InChI=1S/C10H12BrN3O3/c11-8-6-9(14(15)16)10(12-7-8)13-2-1-4-17-5-3-13/h6-7H,1-5H2. The van der Waals surface area contributed by atoms with Gasteiger partial charge in [-0.25, -0.2) is 4.98 Å². The lowest BCUT2D eigenvalue weighted by Crippen LogP contribution is -2.27. The second kappa shape index (κ2) is 5.42. The first-order valence-electron chi connectivity index (χ1n) is 5.31. The van der Waals surface area contributed by atoms with Crippen LogP contribution in [0.15, 0.2) is 16.7 Å². The molecule has 0 spiro atoms. The van der Waals surface area contributed by atoms with Crippen molar-refractivity contribution in [2.45, 2.75) is 6.42 Å². The van der Waals surface area contributed by atoms with Crippen LogP contribution in [0.2, 0.25) is 0 Å². The Labute approximate surface area is 107 Å². The maximum absolute atomic E-state index is 11.0. The van der Waals surface area contributed by atoms with E-state index in [0.717, 1.165) is 13.0 Å². The summed E-state index contributed by atoms with van der Waals surface area (Å²) in [5.74, 6) is 0.420. The van der Waals surface area contributed by atoms with E-state index in [-0.39, 0.29) is 5.69 Å². The molecule has 92 valence electrons. The fraction of sp³-hybridized carbons (Fsp3) is 0.500. The van der Waals surface area contributed by atoms with Crippen molar-refractivity contribution >= 4 is 27.4 Å². The van der Waals surface area contributed by atoms with Crippen molar-refractivity contribution in [2.24, 2.45) is 0 Å². The molecule has 0 amide bonds. The summed E-state index contributed by atoms with van der Waals surface area (Å²) in [4.78, 5) is 16.6. The van der Waals surface area contributed by atoms with E-state index < -0.39 is 4.92 Å². The maximum atomic E-state index is 11.0. The summed E-state index contributed by atoms with van der Waals surface area (Å²) < 4.78 is 5.93. The summed E-state index contributed by atoms with van der Waals surface area (Å²) in [5.41, 5.74) is 0.0290. The average Bonchev–Trinajstić information content (AvgIpc) is 2.57. The third-order valence-corrected chi connectivity index (χ3v) is 2.97. The van der Waals surface area contributed by atoms with Crippen LogP contribution in [0.4, 0.5) is 11.5 Å². The predicted octanol–water partition coefficient (Wildman–Crippen LogP) is 1.98. The van der Waals surface area contributed by atoms with Crippen LogP contribution < -0.4 is 4.90 Å². The van der Waals surface area contributed by atoms with Crippen LogP contribution >= 0.6 is 15.9 Å². The zero-order chi connectivity index (χ0) is 12.3. The number of aromatic nitrogens is 1. The highest BCUT2D eigenvalue weighted by molar-refractivity contribution is 9.10. The van der Waals surface area contributed by atoms with Gasteiger partial charge in [0, 0.05) is 36.4 Å². The number of nitro groups is 1. The van der Waals surface area contributed by atoms with Gasteiger partial charge in [-0.15, -0.1) is 0 Å². The molecule has 17 heavy (non-hydrogen) atoms. The van der Waals surface area contributed by atoms with Crippen molar-refractivity contribution < 1.29 is 9.66 Å². The predicted molar refractivity (Wildman–Crippen MR) is 66.2 cm³/mol. The highest BCUT2D eigenvalue weighted by Crippen LogP contribution is 2.28. The van der Waals surface area contributed by atoms with E-state index in [9.17, 15) is 10.1 Å². The van der Waals surface area contributed by atoms with Crippen molar-refractivity contribution in [1.29, 1.82) is 0 Å². The lowest BCUT2D eigenvalue weighted by Gasteiger charge is -2.20. The van der Waals surface area contributed by atoms with Crippen LogP contribution in [0, 0.1) is 10.1 Å². The largest absolute Gasteiger partial charge is 0.380 e. The Hall–Kier alpha value is -1.21. The Balaban J connectivity index is 2.32. The first-order chi connectivity index (χ1) is 8.18. The van der Waals surface area contributed by atoms with Crippen molar-refractivity contribution in [3.05, 3.63) is 26.9 Å². The Kier molecular flexibility index (Phi) is 3.90. The third kappa shape index (κ3) is 2.92. The quantitative estimate of drug-likeness (QED) is 0.617. The molecule has 2 heterocycles. The molecule has 7 heteroatoms. The van der Waals surface area contributed by atoms with Gasteiger partial charge in [-0.05, 0) is 22.4 Å². The van der Waals surface area contributed by atoms with Crippen molar-refractivity contribution in [2.75, 3.05) is 31.2 Å². The molecule has 0 saturated carbocycles. The number of rotatable bonds is 2. The summed E-state index contributed by atoms with van der Waals surface area (Å²) in [6.45, 7) is 2.64. The minimum absolute atomic E-state index is 0.0290. The third-order valence-electron chi connectivity index (χ3n) is 2.53. The van der Waals surface area contributed by atoms with E-state index in [0.29, 0.717) is 30.0 Å². The van der Waals surface area contributed by atoms with Crippen molar-refractivity contribution in [3.8, 4) is 0 Å². The molecule has 1 aromatic rings. The van der Waals surface area contributed by atoms with E-state index in [2.05, 4.69) is 20.9 Å². The van der Waals surface area contributed by atoms with E-state index in [1.807, 2.05) is 4.90 Å². The molecule has 0 radical (unpaired) electrons. The minimum atomic E-state index is -0.404. The second-order valence-corrected chi connectivity index (χ2v) is 4.62. The molecule has 0 atom stereocenters. The topological polar surface area (TPSA) is 68.5 Å². The van der Waals surface area contributed by atoms with Gasteiger partial charge in [0.25, 0.3) is 0 Å². The molecular weight excluding hydrogens is 290 g/mol. The number of nitrogens with zero attached hydrogens (tertiary/aromatic N) is 3. The van der Waals surface area contributed by atoms with Gasteiger partial charge in [-0.1, -0.05) is 0 Å². The Bertz CT molecular complexity index is 419. The van der Waals surface area contributed by atoms with Crippen LogP contribution in [0.25, 0.3) is 0 Å². The Morgan fingerprint density at radius 1 is 1.47 bits per heavy atom. The van der Waals surface area contributed by atoms with Crippen molar-refractivity contribution in [1.82, 2.24) is 4.98 Å². The molecule has 0 aliphatic carbocycles. The molecule has 1 aliphatic rings. The molecule has 1 saturated heterocycles. The van der Waals surface area contributed by atoms with Crippen LogP contribution in [-0.4, -0.2) is 36.2 Å². The van der Waals surface area contributed by atoms with Crippen LogP contribution in [0.1, 0.15) is 6.42 Å². The summed E-state index contributed by atoms with van der Waals surface area (Å²) in [6, 6.07) is 1.48. The van der Waals surface area contributed by atoms with Crippen LogP contribution in [-0.2, 0) is 4.74 Å². The number of hydrogen-bond acceptors (Lipinski definition) is 5. The first-order valence-corrected chi connectivity index (χ1v) is 6.10. The number of pyridine rings is 1.